The van der Waals surface area contributed by atoms with Crippen molar-refractivity contribution in [2.75, 3.05) is 35.4 Å². The van der Waals surface area contributed by atoms with E-state index in [1.54, 1.807) is 45.5 Å². The number of nitrogens with one attached hydrogen (secondary N) is 2. The molecule has 0 saturated carbocycles. The summed E-state index contributed by atoms with van der Waals surface area (Å²) in [4.78, 5) is 4.48. The maximum atomic E-state index is 12.1. The van der Waals surface area contributed by atoms with Gasteiger partial charge in [0, 0.05) is 45.9 Å². The van der Waals surface area contributed by atoms with Crippen LogP contribution in [0.3, 0.4) is 0 Å². The van der Waals surface area contributed by atoms with Gasteiger partial charge in [0.05, 0.1) is 19.1 Å². The van der Waals surface area contributed by atoms with Crippen molar-refractivity contribution in [2.45, 2.75) is 18.0 Å². The topological polar surface area (TPSA) is 92.3 Å². The molecule has 0 bridgehead atoms. The molecule has 0 radical (unpaired) electrons. The van der Waals surface area contributed by atoms with Crippen LogP contribution in [0, 0.1) is 0 Å². The zero-order valence-corrected chi connectivity index (χ0v) is 18.2. The number of benzene rings is 2. The van der Waals surface area contributed by atoms with E-state index in [4.69, 9.17) is 9.47 Å². The van der Waals surface area contributed by atoms with Gasteiger partial charge in [-0.25, -0.2) is 12.7 Å². The Labute approximate surface area is 172 Å². The first kappa shape index (κ1) is 22.5. The van der Waals surface area contributed by atoms with E-state index in [1.807, 2.05) is 18.2 Å². The standard InChI is InChI=1S/C20H28N4O4S/c1-21-20(23-14-16-8-9-17(27-4)12-19(16)28-5)22-13-15-6-10-18(11-7-15)29(25,26)24(2)3/h6-12H,13-14H2,1-5H3,(H2,21,22,23). The number of sulfonamides is 1. The lowest BCUT2D eigenvalue weighted by molar-refractivity contribution is 0.390. The number of guanidine groups is 1. The SMILES string of the molecule is CN=C(NCc1ccc(S(=O)(=O)N(C)C)cc1)NCc1ccc(OC)cc1OC. The van der Waals surface area contributed by atoms with E-state index in [-0.39, 0.29) is 4.90 Å². The molecule has 2 aromatic carbocycles. The van der Waals surface area contributed by atoms with Crippen LogP contribution in [-0.4, -0.2) is 54.0 Å². The van der Waals surface area contributed by atoms with Crippen LogP contribution in [-0.2, 0) is 23.1 Å². The molecule has 158 valence electrons. The third-order valence-electron chi connectivity index (χ3n) is 4.33. The highest BCUT2D eigenvalue weighted by molar-refractivity contribution is 7.89. The minimum absolute atomic E-state index is 0.264. The molecule has 2 N–H and O–H groups in total. The Morgan fingerprint density at radius 3 is 2.21 bits per heavy atom. The van der Waals surface area contributed by atoms with Gasteiger partial charge >= 0.3 is 0 Å². The summed E-state index contributed by atoms with van der Waals surface area (Å²) in [6.07, 6.45) is 0. The van der Waals surface area contributed by atoms with Crippen molar-refractivity contribution in [1.82, 2.24) is 14.9 Å². The molecule has 0 fully saturated rings. The van der Waals surface area contributed by atoms with E-state index in [2.05, 4.69) is 15.6 Å². The van der Waals surface area contributed by atoms with E-state index >= 15 is 0 Å². The Balaban J connectivity index is 1.96. The molecule has 0 aliphatic carbocycles. The van der Waals surface area contributed by atoms with Crippen molar-refractivity contribution in [3.8, 4) is 11.5 Å². The molecular weight excluding hydrogens is 392 g/mol. The summed E-state index contributed by atoms with van der Waals surface area (Å²) in [5.74, 6) is 2.07. The Bertz CT molecular complexity index is 941. The summed E-state index contributed by atoms with van der Waals surface area (Å²) in [5.41, 5.74) is 1.90. The monoisotopic (exact) mass is 420 g/mol. The molecule has 0 aromatic heterocycles. The van der Waals surface area contributed by atoms with Crippen molar-refractivity contribution in [2.24, 2.45) is 4.99 Å². The van der Waals surface area contributed by atoms with Gasteiger partial charge < -0.3 is 20.1 Å². The lowest BCUT2D eigenvalue weighted by Gasteiger charge is -2.15. The van der Waals surface area contributed by atoms with Crippen LogP contribution in [0.5, 0.6) is 11.5 Å². The van der Waals surface area contributed by atoms with Gasteiger partial charge in [0.1, 0.15) is 11.5 Å². The van der Waals surface area contributed by atoms with E-state index in [0.717, 1.165) is 22.6 Å². The summed E-state index contributed by atoms with van der Waals surface area (Å²) in [6.45, 7) is 1.02. The highest BCUT2D eigenvalue weighted by Crippen LogP contribution is 2.24. The first-order valence-corrected chi connectivity index (χ1v) is 10.4. The molecule has 0 aliphatic heterocycles. The van der Waals surface area contributed by atoms with Gasteiger partial charge in [0.2, 0.25) is 10.0 Å². The summed E-state index contributed by atoms with van der Waals surface area (Å²) >= 11 is 0. The van der Waals surface area contributed by atoms with Gasteiger partial charge in [0.15, 0.2) is 5.96 Å². The van der Waals surface area contributed by atoms with Crippen LogP contribution in [0.25, 0.3) is 0 Å². The van der Waals surface area contributed by atoms with Gasteiger partial charge in [-0.3, -0.25) is 4.99 Å². The van der Waals surface area contributed by atoms with E-state index in [1.165, 1.54) is 18.4 Å². The van der Waals surface area contributed by atoms with Crippen LogP contribution < -0.4 is 20.1 Å². The highest BCUT2D eigenvalue weighted by Gasteiger charge is 2.16. The van der Waals surface area contributed by atoms with Gasteiger partial charge in [0.25, 0.3) is 0 Å². The largest absolute Gasteiger partial charge is 0.497 e. The first-order valence-electron chi connectivity index (χ1n) is 8.98. The number of hydrogen-bond donors (Lipinski definition) is 2. The van der Waals surface area contributed by atoms with Crippen molar-refractivity contribution in [3.05, 3.63) is 53.6 Å². The van der Waals surface area contributed by atoms with Crippen molar-refractivity contribution >= 4 is 16.0 Å². The Kier molecular flexibility index (Phi) is 7.86. The second kappa shape index (κ2) is 10.1. The lowest BCUT2D eigenvalue weighted by atomic mass is 10.2. The fourth-order valence-corrected chi connectivity index (χ4v) is 3.48. The predicted molar refractivity (Wildman–Crippen MR) is 114 cm³/mol. The Hall–Kier alpha value is -2.78. The molecular formula is C20H28N4O4S. The number of aliphatic imine (C=N–C) groups is 1. The molecule has 0 atom stereocenters. The van der Waals surface area contributed by atoms with Crippen LogP contribution in [0.1, 0.15) is 11.1 Å². The van der Waals surface area contributed by atoms with E-state index in [9.17, 15) is 8.42 Å². The molecule has 29 heavy (non-hydrogen) atoms. The van der Waals surface area contributed by atoms with Crippen LogP contribution in [0.15, 0.2) is 52.4 Å². The zero-order valence-electron chi connectivity index (χ0n) is 17.4. The molecule has 2 rings (SSSR count). The quantitative estimate of drug-likeness (QED) is 0.500. The maximum absolute atomic E-state index is 12.1. The minimum atomic E-state index is -3.42. The molecule has 0 unspecified atom stereocenters. The number of methoxy groups -OCH3 is 2. The van der Waals surface area contributed by atoms with Crippen LogP contribution in [0.2, 0.25) is 0 Å². The number of ether oxygens (including phenoxy) is 2. The van der Waals surface area contributed by atoms with Gasteiger partial charge in [-0.1, -0.05) is 12.1 Å². The lowest BCUT2D eigenvalue weighted by Crippen LogP contribution is -2.36. The molecule has 0 heterocycles. The maximum Gasteiger partial charge on any atom is 0.242 e. The Morgan fingerprint density at radius 2 is 1.66 bits per heavy atom. The Morgan fingerprint density at radius 1 is 1.00 bits per heavy atom. The van der Waals surface area contributed by atoms with E-state index < -0.39 is 10.0 Å². The number of hydrogen-bond acceptors (Lipinski definition) is 5. The molecule has 0 saturated heterocycles. The normalized spacial score (nSPS) is 12.0. The highest BCUT2D eigenvalue weighted by atomic mass is 32.2. The first-order chi connectivity index (χ1) is 13.8. The third-order valence-corrected chi connectivity index (χ3v) is 6.16. The fourth-order valence-electron chi connectivity index (χ4n) is 2.57. The minimum Gasteiger partial charge on any atom is -0.497 e. The second-order valence-corrected chi connectivity index (χ2v) is 8.54. The molecule has 0 amide bonds. The summed E-state index contributed by atoms with van der Waals surface area (Å²) in [6, 6.07) is 12.4. The predicted octanol–water partition coefficient (Wildman–Crippen LogP) is 1.82. The van der Waals surface area contributed by atoms with Crippen molar-refractivity contribution < 1.29 is 17.9 Å². The molecule has 0 spiro atoms. The zero-order chi connectivity index (χ0) is 21.4. The fraction of sp³-hybridized carbons (Fsp3) is 0.350. The van der Waals surface area contributed by atoms with Gasteiger partial charge in [-0.05, 0) is 29.8 Å². The average Bonchev–Trinajstić information content (AvgIpc) is 2.74. The van der Waals surface area contributed by atoms with Gasteiger partial charge in [-0.2, -0.15) is 0 Å². The smallest absolute Gasteiger partial charge is 0.242 e. The van der Waals surface area contributed by atoms with Crippen LogP contribution in [0.4, 0.5) is 0 Å². The second-order valence-electron chi connectivity index (χ2n) is 6.39. The number of rotatable bonds is 8. The third kappa shape index (κ3) is 5.85. The summed E-state index contributed by atoms with van der Waals surface area (Å²) in [5, 5.41) is 6.44. The molecule has 8 nitrogen and oxygen atoms in total. The molecule has 0 aliphatic rings. The molecule has 9 heteroatoms. The van der Waals surface area contributed by atoms with Crippen molar-refractivity contribution in [1.29, 1.82) is 0 Å². The van der Waals surface area contributed by atoms with Crippen molar-refractivity contribution in [3.63, 3.8) is 0 Å². The summed E-state index contributed by atoms with van der Waals surface area (Å²) in [7, 11) is 4.52. The average molecular weight is 421 g/mol. The molecule has 2 aromatic rings. The van der Waals surface area contributed by atoms with Crippen LogP contribution >= 0.6 is 0 Å². The van der Waals surface area contributed by atoms with E-state index in [0.29, 0.717) is 19.0 Å². The van der Waals surface area contributed by atoms with Gasteiger partial charge in [-0.15, -0.1) is 0 Å². The number of nitrogens with zero attached hydrogens (tertiary/aromatic N) is 2. The summed E-state index contributed by atoms with van der Waals surface area (Å²) < 4.78 is 36.1.